The quantitative estimate of drug-likeness (QED) is 0.156. The predicted octanol–water partition coefficient (Wildman–Crippen LogP) is -3.29. The molecule has 1 saturated carbocycles. The fourth-order valence-electron chi connectivity index (χ4n) is 5.29. The molecule has 3 rings (SSSR count). The maximum atomic E-state index is 12.3. The van der Waals surface area contributed by atoms with Gasteiger partial charge in [-0.15, -0.1) is 0 Å². The molecular weight excluding hydrogens is 534 g/mol. The van der Waals surface area contributed by atoms with Crippen LogP contribution in [0.25, 0.3) is 0 Å². The van der Waals surface area contributed by atoms with E-state index in [9.17, 15) is 33.6 Å². The summed E-state index contributed by atoms with van der Waals surface area (Å²) in [5.41, 5.74) is -0.247. The van der Waals surface area contributed by atoms with Gasteiger partial charge in [-0.3, -0.25) is 4.55 Å². The molecule has 0 bridgehead atoms. The number of carbonyl (C=O) groups excluding carboxylic acids is 1. The molecule has 0 amide bonds. The first-order valence-electron chi connectivity index (χ1n) is 11.8. The molecule has 1 aromatic carbocycles. The average Bonchev–Trinajstić information content (AvgIpc) is 2.80. The van der Waals surface area contributed by atoms with E-state index in [1.54, 1.807) is 33.3 Å². The molecule has 1 aromatic rings. The third-order valence-corrected chi connectivity index (χ3v) is 7.61. The topological polar surface area (TPSA) is 180 Å². The number of quaternary nitrogens is 1. The second-order valence-electron chi connectivity index (χ2n) is 10.2. The van der Waals surface area contributed by atoms with Crippen molar-refractivity contribution in [1.29, 1.82) is 0 Å². The van der Waals surface area contributed by atoms with Crippen LogP contribution in [0.5, 0.6) is 5.75 Å². The van der Waals surface area contributed by atoms with Gasteiger partial charge in [0.2, 0.25) is 6.23 Å². The number of rotatable bonds is 8. The molecule has 0 spiro atoms. The number of likely N-dealkylation sites (N-methyl/N-ethyl adjacent to an activating group) is 1. The number of nitrogens with zero attached hydrogens (tertiary/aromatic N) is 1. The van der Waals surface area contributed by atoms with Crippen molar-refractivity contribution in [2.24, 2.45) is 0 Å². The fourth-order valence-corrected chi connectivity index (χ4v) is 5.60. The Morgan fingerprint density at radius 1 is 1.08 bits per heavy atom. The van der Waals surface area contributed by atoms with Crippen LogP contribution in [0.3, 0.4) is 0 Å². The zero-order valence-corrected chi connectivity index (χ0v) is 22.5. The van der Waals surface area contributed by atoms with Crippen LogP contribution < -0.4 is 17.1 Å². The maximum absolute atomic E-state index is 12.3. The molecule has 212 valence electrons. The molecule has 5 N–H and O–H groups in total. The summed E-state index contributed by atoms with van der Waals surface area (Å²) < 4.78 is 45.4. The molecule has 1 aliphatic heterocycles. The molecule has 6 unspecified atom stereocenters. The van der Waals surface area contributed by atoms with Gasteiger partial charge in [-0.05, 0) is 30.5 Å². The van der Waals surface area contributed by atoms with Crippen molar-refractivity contribution >= 4 is 16.4 Å². The molecule has 37 heavy (non-hydrogen) atoms. The van der Waals surface area contributed by atoms with Gasteiger partial charge in [0.1, 0.15) is 18.0 Å². The van der Waals surface area contributed by atoms with Gasteiger partial charge in [0.05, 0.1) is 39.3 Å². The number of benzene rings is 1. The van der Waals surface area contributed by atoms with E-state index in [1.165, 1.54) is 0 Å². The van der Waals surface area contributed by atoms with Crippen molar-refractivity contribution < 1.29 is 68.7 Å². The van der Waals surface area contributed by atoms with Gasteiger partial charge in [-0.2, -0.15) is 8.42 Å². The molecule has 12 nitrogen and oxygen atoms in total. The van der Waals surface area contributed by atoms with Crippen LogP contribution in [0.4, 0.5) is 0 Å². The monoisotopic (exact) mass is 569 g/mol. The van der Waals surface area contributed by atoms with Crippen molar-refractivity contribution in [1.82, 2.24) is 0 Å². The second-order valence-corrected chi connectivity index (χ2v) is 11.2. The van der Waals surface area contributed by atoms with Crippen LogP contribution >= 0.6 is 0 Å². The van der Waals surface area contributed by atoms with Gasteiger partial charge in [0, 0.05) is 0 Å². The van der Waals surface area contributed by atoms with Crippen molar-refractivity contribution in [2.45, 2.75) is 74.3 Å². The van der Waals surface area contributed by atoms with E-state index in [0.717, 1.165) is 24.8 Å². The van der Waals surface area contributed by atoms with Crippen LogP contribution in [0.2, 0.25) is 0 Å². The Morgan fingerprint density at radius 3 is 2.16 bits per heavy atom. The summed E-state index contributed by atoms with van der Waals surface area (Å²) in [6.45, 7) is 0.188. The summed E-state index contributed by atoms with van der Waals surface area (Å²) in [5, 5.41) is 43.1. The van der Waals surface area contributed by atoms with E-state index < -0.39 is 58.5 Å². The van der Waals surface area contributed by atoms with E-state index in [4.69, 9.17) is 14.0 Å². The Balaban J connectivity index is 0.00000481. The van der Waals surface area contributed by atoms with Gasteiger partial charge < -0.3 is 51.0 Å². The molecule has 1 heterocycles. The fraction of sp³-hybridized carbons (Fsp3) is 0.696. The van der Waals surface area contributed by atoms with Crippen molar-refractivity contribution in [2.75, 3.05) is 27.7 Å². The molecule has 2 aliphatic rings. The second kappa shape index (κ2) is 12.1. The van der Waals surface area contributed by atoms with E-state index in [0.29, 0.717) is 18.6 Å². The number of hydrogen-bond acceptors (Lipinski definition) is 10. The summed E-state index contributed by atoms with van der Waals surface area (Å²) in [6, 6.07) is 7.25. The van der Waals surface area contributed by atoms with Crippen molar-refractivity contribution in [3.8, 4) is 5.75 Å². The van der Waals surface area contributed by atoms with E-state index in [-0.39, 0.29) is 23.4 Å². The molecule has 0 radical (unpaired) electrons. The average molecular weight is 570 g/mol. The Morgan fingerprint density at radius 2 is 1.65 bits per heavy atom. The number of carbonyl (C=O) groups is 1. The molecule has 0 aromatic heterocycles. The molecular formula is C23H36ClNO11S. The van der Waals surface area contributed by atoms with Crippen LogP contribution in [-0.4, -0.2) is 108 Å². The van der Waals surface area contributed by atoms with Gasteiger partial charge in [-0.25, -0.2) is 4.79 Å². The first-order chi connectivity index (χ1) is 16.7. The summed E-state index contributed by atoms with van der Waals surface area (Å²) >= 11 is 0. The lowest BCUT2D eigenvalue weighted by Gasteiger charge is -2.49. The number of ether oxygens (including phenoxy) is 2. The lowest BCUT2D eigenvalue weighted by molar-refractivity contribution is -0.946. The zero-order chi connectivity index (χ0) is 26.9. The summed E-state index contributed by atoms with van der Waals surface area (Å²) in [4.78, 5) is 12.3. The highest BCUT2D eigenvalue weighted by Gasteiger charge is 2.55. The molecule has 1 aliphatic carbocycles. The number of methoxy groups -OCH3 is 1. The third-order valence-electron chi connectivity index (χ3n) is 7.24. The Bertz CT molecular complexity index is 1010. The van der Waals surface area contributed by atoms with Gasteiger partial charge >= 0.3 is 16.4 Å². The predicted molar refractivity (Wildman–Crippen MR) is 125 cm³/mol. The van der Waals surface area contributed by atoms with Gasteiger partial charge in [0.25, 0.3) is 0 Å². The lowest BCUT2D eigenvalue weighted by atomic mass is 9.72. The lowest BCUT2D eigenvalue weighted by Crippen LogP contribution is -3.00. The van der Waals surface area contributed by atoms with E-state index >= 15 is 0 Å². The SMILES string of the molecule is COc1ccc(C(C[N+](C)(C)C2OC(C(=O)OS(=O)(=O)O)C(O)C(O)C2O)C2(O)CCCCC2)cc1.[Cl-]. The molecule has 2 fully saturated rings. The Kier molecular flexibility index (Phi) is 10.4. The highest BCUT2D eigenvalue weighted by molar-refractivity contribution is 7.81. The molecule has 14 heteroatoms. The van der Waals surface area contributed by atoms with E-state index in [1.807, 2.05) is 12.1 Å². The zero-order valence-electron chi connectivity index (χ0n) is 20.9. The number of hydrogen-bond donors (Lipinski definition) is 5. The first kappa shape index (κ1) is 31.7. The van der Waals surface area contributed by atoms with Crippen LogP contribution in [0, 0.1) is 0 Å². The van der Waals surface area contributed by atoms with E-state index in [2.05, 4.69) is 4.18 Å². The smallest absolute Gasteiger partial charge is 0.449 e. The maximum Gasteiger partial charge on any atom is 0.449 e. The van der Waals surface area contributed by atoms with Crippen molar-refractivity contribution in [3.63, 3.8) is 0 Å². The third kappa shape index (κ3) is 7.31. The van der Waals surface area contributed by atoms with Crippen LogP contribution in [0.15, 0.2) is 24.3 Å². The van der Waals surface area contributed by atoms with Crippen LogP contribution in [-0.2, 0) is 24.1 Å². The van der Waals surface area contributed by atoms with Gasteiger partial charge in [0.15, 0.2) is 12.2 Å². The Labute approximate surface area is 222 Å². The normalized spacial score (nSPS) is 29.0. The highest BCUT2D eigenvalue weighted by Crippen LogP contribution is 2.42. The molecule has 1 saturated heterocycles. The summed E-state index contributed by atoms with van der Waals surface area (Å²) in [7, 11) is -0.331. The Hall–Kier alpha value is -1.55. The van der Waals surface area contributed by atoms with Gasteiger partial charge in [-0.1, -0.05) is 31.4 Å². The summed E-state index contributed by atoms with van der Waals surface area (Å²) in [6.07, 6.45) is -5.07. The number of aliphatic hydroxyl groups is 4. The standard InChI is InChI=1S/C23H35NO11S.ClH/c1-24(2,21-19(27)17(25)18(26)20(34-21)22(28)35-36(30,31)32)13-16(23(29)11-5-4-6-12-23)14-7-9-15(33-3)10-8-14;/h7-10,16-21,25-27,29H,4-6,11-13H2,1-3H3;1H. The largest absolute Gasteiger partial charge is 1.00 e. The summed E-state index contributed by atoms with van der Waals surface area (Å²) in [5.74, 6) is -1.44. The minimum Gasteiger partial charge on any atom is -1.00 e. The number of aliphatic hydroxyl groups excluding tert-OH is 3. The number of halogens is 1. The highest BCUT2D eigenvalue weighted by atomic mass is 35.5. The minimum atomic E-state index is -5.20. The van der Waals surface area contributed by atoms with Crippen molar-refractivity contribution in [3.05, 3.63) is 29.8 Å². The van der Waals surface area contributed by atoms with Crippen LogP contribution in [0.1, 0.15) is 43.6 Å². The minimum absolute atomic E-state index is 0. The molecule has 6 atom stereocenters. The first-order valence-corrected chi connectivity index (χ1v) is 13.1.